The molecule has 0 radical (unpaired) electrons. The van der Waals surface area contributed by atoms with Crippen LogP contribution in [0.5, 0.6) is 0 Å². The van der Waals surface area contributed by atoms with Crippen molar-refractivity contribution in [3.63, 3.8) is 0 Å². The van der Waals surface area contributed by atoms with Gasteiger partial charge in [0.15, 0.2) is 0 Å². The smallest absolute Gasteiger partial charge is 0.309 e. The Hall–Kier alpha value is -3.28. The number of hydrogen-bond acceptors (Lipinski definition) is 5. The fourth-order valence-corrected chi connectivity index (χ4v) is 4.27. The Morgan fingerprint density at radius 2 is 1.78 bits per heavy atom. The number of carbonyl (C=O) groups is 1. The number of H-pyrrole nitrogens is 1. The zero-order valence-corrected chi connectivity index (χ0v) is 19.0. The zero-order chi connectivity index (χ0) is 22.7. The summed E-state index contributed by atoms with van der Waals surface area (Å²) in [5.41, 5.74) is 6.02. The van der Waals surface area contributed by atoms with Crippen LogP contribution in [0.25, 0.3) is 10.9 Å². The molecule has 32 heavy (non-hydrogen) atoms. The number of aromatic amines is 1. The number of esters is 1. The van der Waals surface area contributed by atoms with Gasteiger partial charge in [-0.15, -0.1) is 0 Å². The highest BCUT2D eigenvalue weighted by Gasteiger charge is 2.26. The summed E-state index contributed by atoms with van der Waals surface area (Å²) >= 11 is 0. The standard InChI is InChI=1S/C26H31N3O3/c1-4-32-26(31)19-9-11-29(12-10-19)23-7-5-22(6-8-23)27-16-21-15-20-13-17(2)18(3)14-24(20)28-25(21)30/h5-8,13-15,19,27H,4,9-12,16H2,1-3H3,(H,28,30). The van der Waals surface area contributed by atoms with Crippen LogP contribution in [-0.2, 0) is 16.1 Å². The van der Waals surface area contributed by atoms with Crippen LogP contribution < -0.4 is 15.8 Å². The van der Waals surface area contributed by atoms with Gasteiger partial charge < -0.3 is 19.9 Å². The van der Waals surface area contributed by atoms with Crippen molar-refractivity contribution < 1.29 is 9.53 Å². The van der Waals surface area contributed by atoms with Gasteiger partial charge in [-0.1, -0.05) is 0 Å². The van der Waals surface area contributed by atoms with Crippen LogP contribution in [0.4, 0.5) is 11.4 Å². The molecule has 0 amide bonds. The Morgan fingerprint density at radius 3 is 2.47 bits per heavy atom. The lowest BCUT2D eigenvalue weighted by Crippen LogP contribution is -2.36. The van der Waals surface area contributed by atoms with E-state index in [2.05, 4.69) is 47.2 Å². The first-order valence-corrected chi connectivity index (χ1v) is 11.3. The number of piperidine rings is 1. The van der Waals surface area contributed by atoms with E-state index in [4.69, 9.17) is 4.74 Å². The second-order valence-electron chi connectivity index (χ2n) is 8.56. The van der Waals surface area contributed by atoms with Gasteiger partial charge in [0.2, 0.25) is 0 Å². The van der Waals surface area contributed by atoms with Crippen LogP contribution in [0.1, 0.15) is 36.5 Å². The highest BCUT2D eigenvalue weighted by molar-refractivity contribution is 5.80. The Bertz CT molecular complexity index is 1160. The van der Waals surface area contributed by atoms with Crippen molar-refractivity contribution in [3.05, 3.63) is 69.5 Å². The molecule has 0 unspecified atom stereocenters. The van der Waals surface area contributed by atoms with Crippen molar-refractivity contribution in [2.24, 2.45) is 5.92 Å². The summed E-state index contributed by atoms with van der Waals surface area (Å²) < 4.78 is 5.15. The van der Waals surface area contributed by atoms with E-state index in [1.54, 1.807) is 0 Å². The van der Waals surface area contributed by atoms with E-state index in [0.717, 1.165) is 48.2 Å². The molecule has 4 rings (SSSR count). The van der Waals surface area contributed by atoms with E-state index in [-0.39, 0.29) is 17.4 Å². The van der Waals surface area contributed by atoms with E-state index in [1.807, 2.05) is 31.2 Å². The van der Waals surface area contributed by atoms with Gasteiger partial charge >= 0.3 is 5.97 Å². The third-order valence-electron chi connectivity index (χ3n) is 6.37. The topological polar surface area (TPSA) is 74.4 Å². The second kappa shape index (κ2) is 9.47. The Labute approximate surface area is 188 Å². The fraction of sp³-hybridized carbons (Fsp3) is 0.385. The van der Waals surface area contributed by atoms with Crippen LogP contribution in [0.2, 0.25) is 0 Å². The summed E-state index contributed by atoms with van der Waals surface area (Å²) in [7, 11) is 0. The van der Waals surface area contributed by atoms with E-state index in [1.165, 1.54) is 11.1 Å². The minimum absolute atomic E-state index is 0.0138. The molecule has 0 spiro atoms. The largest absolute Gasteiger partial charge is 0.466 e. The third-order valence-corrected chi connectivity index (χ3v) is 6.37. The molecule has 2 N–H and O–H groups in total. The van der Waals surface area contributed by atoms with Crippen LogP contribution in [-0.4, -0.2) is 30.6 Å². The molecular weight excluding hydrogens is 402 g/mol. The number of pyridine rings is 1. The summed E-state index contributed by atoms with van der Waals surface area (Å²) in [5.74, 6) is -0.0550. The lowest BCUT2D eigenvalue weighted by Gasteiger charge is -2.32. The summed E-state index contributed by atoms with van der Waals surface area (Å²) in [4.78, 5) is 29.7. The normalized spacial score (nSPS) is 14.5. The lowest BCUT2D eigenvalue weighted by molar-refractivity contribution is -0.148. The van der Waals surface area contributed by atoms with Crippen molar-refractivity contribution in [3.8, 4) is 0 Å². The first-order chi connectivity index (χ1) is 15.4. The summed E-state index contributed by atoms with van der Waals surface area (Å²) in [6.45, 7) is 8.58. The van der Waals surface area contributed by atoms with Gasteiger partial charge in [-0.25, -0.2) is 0 Å². The quantitative estimate of drug-likeness (QED) is 0.559. The molecule has 1 aromatic heterocycles. The van der Waals surface area contributed by atoms with Gasteiger partial charge in [-0.3, -0.25) is 9.59 Å². The summed E-state index contributed by atoms with van der Waals surface area (Å²) in [6, 6.07) is 14.4. The second-order valence-corrected chi connectivity index (χ2v) is 8.56. The fourth-order valence-electron chi connectivity index (χ4n) is 4.27. The van der Waals surface area contributed by atoms with Crippen molar-refractivity contribution in [1.82, 2.24) is 4.98 Å². The van der Waals surface area contributed by atoms with Gasteiger partial charge in [0.25, 0.3) is 5.56 Å². The van der Waals surface area contributed by atoms with E-state index >= 15 is 0 Å². The highest BCUT2D eigenvalue weighted by Crippen LogP contribution is 2.25. The number of rotatable bonds is 6. The molecule has 2 aromatic carbocycles. The van der Waals surface area contributed by atoms with Crippen LogP contribution in [0.15, 0.2) is 47.3 Å². The Kier molecular flexibility index (Phi) is 6.49. The Balaban J connectivity index is 1.37. The predicted octanol–water partition coefficient (Wildman–Crippen LogP) is 4.54. The molecular formula is C26H31N3O3. The maximum atomic E-state index is 12.5. The van der Waals surface area contributed by atoms with Crippen molar-refractivity contribution in [2.45, 2.75) is 40.2 Å². The molecule has 0 aliphatic carbocycles. The number of aryl methyl sites for hydroxylation is 2. The molecule has 1 fully saturated rings. The molecule has 0 saturated carbocycles. The lowest BCUT2D eigenvalue weighted by atomic mass is 9.96. The maximum Gasteiger partial charge on any atom is 0.309 e. The average molecular weight is 434 g/mol. The SMILES string of the molecule is CCOC(=O)C1CCN(c2ccc(NCc3cc4cc(C)c(C)cc4[nH]c3=O)cc2)CC1. The number of aromatic nitrogens is 1. The van der Waals surface area contributed by atoms with Crippen molar-refractivity contribution >= 4 is 28.2 Å². The van der Waals surface area contributed by atoms with E-state index in [9.17, 15) is 9.59 Å². The molecule has 0 atom stereocenters. The van der Waals surface area contributed by atoms with Gasteiger partial charge in [0, 0.05) is 42.1 Å². The van der Waals surface area contributed by atoms with Crippen molar-refractivity contribution in [1.29, 1.82) is 0 Å². The number of benzene rings is 2. The minimum atomic E-state index is -0.0688. The van der Waals surface area contributed by atoms with E-state index in [0.29, 0.717) is 18.7 Å². The van der Waals surface area contributed by atoms with Crippen LogP contribution >= 0.6 is 0 Å². The molecule has 6 heteroatoms. The molecule has 6 nitrogen and oxygen atoms in total. The number of hydrogen-bond donors (Lipinski definition) is 2. The average Bonchev–Trinajstić information content (AvgIpc) is 2.80. The first kappa shape index (κ1) is 21.9. The van der Waals surface area contributed by atoms with Gasteiger partial charge in [0.1, 0.15) is 0 Å². The van der Waals surface area contributed by atoms with Crippen molar-refractivity contribution in [2.75, 3.05) is 29.9 Å². The third kappa shape index (κ3) is 4.79. The molecule has 3 aromatic rings. The van der Waals surface area contributed by atoms with Gasteiger partial charge in [-0.05, 0) is 92.6 Å². The molecule has 2 heterocycles. The number of anilines is 2. The summed E-state index contributed by atoms with van der Waals surface area (Å²) in [6.07, 6.45) is 1.64. The first-order valence-electron chi connectivity index (χ1n) is 11.3. The molecule has 1 aliphatic heterocycles. The molecule has 0 bridgehead atoms. The number of nitrogens with one attached hydrogen (secondary N) is 2. The monoisotopic (exact) mass is 433 g/mol. The highest BCUT2D eigenvalue weighted by atomic mass is 16.5. The van der Waals surface area contributed by atoms with Gasteiger partial charge in [-0.2, -0.15) is 0 Å². The minimum Gasteiger partial charge on any atom is -0.466 e. The number of nitrogens with zero attached hydrogens (tertiary/aromatic N) is 1. The van der Waals surface area contributed by atoms with E-state index < -0.39 is 0 Å². The summed E-state index contributed by atoms with van der Waals surface area (Å²) in [5, 5.41) is 4.41. The number of carbonyl (C=O) groups excluding carboxylic acids is 1. The molecule has 1 aliphatic rings. The molecule has 168 valence electrons. The predicted molar refractivity (Wildman–Crippen MR) is 129 cm³/mol. The van der Waals surface area contributed by atoms with Crippen LogP contribution in [0.3, 0.4) is 0 Å². The van der Waals surface area contributed by atoms with Crippen LogP contribution in [0, 0.1) is 19.8 Å². The number of ether oxygens (including phenoxy) is 1. The number of fused-ring (bicyclic) bond motifs is 1. The van der Waals surface area contributed by atoms with Gasteiger partial charge in [0.05, 0.1) is 12.5 Å². The zero-order valence-electron chi connectivity index (χ0n) is 19.0. The Morgan fingerprint density at radius 1 is 1.09 bits per heavy atom. The maximum absolute atomic E-state index is 12.5. The molecule has 1 saturated heterocycles.